The maximum Gasteiger partial charge on any atom is 0.325 e. The van der Waals surface area contributed by atoms with E-state index in [2.05, 4.69) is 5.32 Å². The van der Waals surface area contributed by atoms with Crippen LogP contribution < -0.4 is 5.32 Å². The van der Waals surface area contributed by atoms with Crippen molar-refractivity contribution in [2.75, 3.05) is 19.6 Å². The van der Waals surface area contributed by atoms with E-state index in [9.17, 15) is 14.4 Å². The summed E-state index contributed by atoms with van der Waals surface area (Å²) in [4.78, 5) is 41.7. The van der Waals surface area contributed by atoms with Gasteiger partial charge >= 0.3 is 6.03 Å². The van der Waals surface area contributed by atoms with Gasteiger partial charge in [0, 0.05) is 13.1 Å². The molecule has 144 valence electrons. The number of fused-ring (bicyclic) bond motifs is 2. The Balaban J connectivity index is 1.54. The number of hydrogen-bond acceptors (Lipinski definition) is 3. The van der Waals surface area contributed by atoms with Crippen molar-refractivity contribution >= 4 is 17.8 Å². The van der Waals surface area contributed by atoms with Gasteiger partial charge in [-0.1, -0.05) is 31.2 Å². The van der Waals surface area contributed by atoms with Gasteiger partial charge in [-0.05, 0) is 55.6 Å². The molecule has 3 aliphatic rings. The molecule has 2 aliphatic carbocycles. The molecule has 27 heavy (non-hydrogen) atoms. The molecule has 1 aliphatic heterocycles. The molecule has 4 amide bonds. The zero-order valence-corrected chi connectivity index (χ0v) is 15.9. The lowest BCUT2D eigenvalue weighted by Crippen LogP contribution is -2.47. The summed E-state index contributed by atoms with van der Waals surface area (Å²) in [5.41, 5.74) is 0.984. The molecule has 6 nitrogen and oxygen atoms in total. The van der Waals surface area contributed by atoms with Crippen LogP contribution in [-0.2, 0) is 21.5 Å². The fraction of sp³-hybridized carbons (Fsp3) is 0.571. The number of imide groups is 1. The molecule has 1 heterocycles. The number of hydrogen-bond donors (Lipinski definition) is 1. The molecule has 1 saturated heterocycles. The van der Waals surface area contributed by atoms with Crippen LogP contribution in [0.25, 0.3) is 0 Å². The first-order valence-electron chi connectivity index (χ1n) is 10.1. The van der Waals surface area contributed by atoms with Crippen LogP contribution in [0.5, 0.6) is 0 Å². The molecule has 1 atom stereocenters. The van der Waals surface area contributed by atoms with Gasteiger partial charge < -0.3 is 10.2 Å². The molecule has 0 aromatic heterocycles. The second-order valence-electron chi connectivity index (χ2n) is 8.02. The molecular weight excluding hydrogens is 342 g/mol. The molecule has 1 aromatic rings. The van der Waals surface area contributed by atoms with Crippen LogP contribution in [0.2, 0.25) is 0 Å². The summed E-state index contributed by atoms with van der Waals surface area (Å²) in [6.07, 6.45) is 5.53. The van der Waals surface area contributed by atoms with Gasteiger partial charge in [-0.15, -0.1) is 0 Å². The van der Waals surface area contributed by atoms with Crippen LogP contribution in [0.15, 0.2) is 24.3 Å². The second kappa shape index (κ2) is 6.98. The van der Waals surface area contributed by atoms with Gasteiger partial charge in [0.05, 0.1) is 0 Å². The monoisotopic (exact) mass is 369 g/mol. The van der Waals surface area contributed by atoms with Gasteiger partial charge in [-0.3, -0.25) is 14.5 Å². The highest BCUT2D eigenvalue weighted by Gasteiger charge is 2.54. The van der Waals surface area contributed by atoms with Crippen molar-refractivity contribution in [1.82, 2.24) is 15.1 Å². The van der Waals surface area contributed by atoms with Crippen LogP contribution in [0.3, 0.4) is 0 Å². The van der Waals surface area contributed by atoms with E-state index in [0.717, 1.165) is 54.7 Å². The largest absolute Gasteiger partial charge is 0.341 e. The molecule has 4 rings (SSSR count). The average molecular weight is 369 g/mol. The minimum atomic E-state index is -1.00. The number of carbonyl (C=O) groups excluding carboxylic acids is 3. The molecule has 0 bridgehead atoms. The Bertz CT molecular complexity index is 774. The zero-order valence-electron chi connectivity index (χ0n) is 15.9. The smallest absolute Gasteiger partial charge is 0.325 e. The topological polar surface area (TPSA) is 69.7 Å². The average Bonchev–Trinajstić information content (AvgIpc) is 3.45. The first-order chi connectivity index (χ1) is 13.0. The van der Waals surface area contributed by atoms with E-state index in [1.807, 2.05) is 36.1 Å². The van der Waals surface area contributed by atoms with Gasteiger partial charge in [0.25, 0.3) is 5.91 Å². The van der Waals surface area contributed by atoms with Crippen molar-refractivity contribution in [3.63, 3.8) is 0 Å². The van der Waals surface area contributed by atoms with Crippen LogP contribution in [0, 0.1) is 5.92 Å². The van der Waals surface area contributed by atoms with Crippen LogP contribution in [-0.4, -0.2) is 47.3 Å². The van der Waals surface area contributed by atoms with Crippen molar-refractivity contribution in [1.29, 1.82) is 0 Å². The molecule has 6 heteroatoms. The molecule has 1 N–H and O–H groups in total. The van der Waals surface area contributed by atoms with E-state index in [-0.39, 0.29) is 18.4 Å². The van der Waals surface area contributed by atoms with Crippen LogP contribution >= 0.6 is 0 Å². The SMILES string of the molecule is CCCN(CC1CC1)C(=O)CN1C(=O)N[C@]2(CCCc3ccccc32)C1=O. The fourth-order valence-corrected chi connectivity index (χ4v) is 4.39. The molecule has 1 aromatic carbocycles. The summed E-state index contributed by atoms with van der Waals surface area (Å²) in [5.74, 6) is 0.171. The number of carbonyl (C=O) groups is 3. The van der Waals surface area contributed by atoms with E-state index in [1.165, 1.54) is 0 Å². The van der Waals surface area contributed by atoms with E-state index < -0.39 is 11.6 Å². The third kappa shape index (κ3) is 3.22. The summed E-state index contributed by atoms with van der Waals surface area (Å²) in [6, 6.07) is 7.35. The Morgan fingerprint density at radius 1 is 1.30 bits per heavy atom. The number of urea groups is 1. The van der Waals surface area contributed by atoms with E-state index in [0.29, 0.717) is 18.9 Å². The molecule has 0 unspecified atom stereocenters. The van der Waals surface area contributed by atoms with Crippen LogP contribution in [0.4, 0.5) is 4.79 Å². The highest BCUT2D eigenvalue weighted by Crippen LogP contribution is 2.40. The summed E-state index contributed by atoms with van der Waals surface area (Å²) in [6.45, 7) is 3.29. The lowest BCUT2D eigenvalue weighted by Gasteiger charge is -2.33. The highest BCUT2D eigenvalue weighted by atomic mass is 16.2. The van der Waals surface area contributed by atoms with Crippen molar-refractivity contribution in [2.45, 2.75) is 51.0 Å². The first kappa shape index (κ1) is 18.0. The van der Waals surface area contributed by atoms with Crippen molar-refractivity contribution in [3.8, 4) is 0 Å². The number of rotatable bonds is 6. The first-order valence-corrected chi connectivity index (χ1v) is 10.1. The lowest BCUT2D eigenvalue weighted by atomic mass is 9.76. The zero-order chi connectivity index (χ0) is 19.0. The highest BCUT2D eigenvalue weighted by molar-refractivity contribution is 6.09. The number of benzene rings is 1. The predicted molar refractivity (Wildman–Crippen MR) is 101 cm³/mol. The minimum Gasteiger partial charge on any atom is -0.341 e. The summed E-state index contributed by atoms with van der Waals surface area (Å²) < 4.78 is 0. The third-order valence-corrected chi connectivity index (χ3v) is 5.97. The predicted octanol–water partition coefficient (Wildman–Crippen LogP) is 2.42. The number of amides is 4. The minimum absolute atomic E-state index is 0.131. The Hall–Kier alpha value is -2.37. The number of nitrogens with one attached hydrogen (secondary N) is 1. The van der Waals surface area contributed by atoms with Crippen molar-refractivity contribution < 1.29 is 14.4 Å². The fourth-order valence-electron chi connectivity index (χ4n) is 4.39. The normalized spacial score (nSPS) is 24.1. The standard InChI is InChI=1S/C21H27N3O3/c1-2-12-23(13-15-9-10-15)18(25)14-24-19(26)21(22-20(24)27)11-5-7-16-6-3-4-8-17(16)21/h3-4,6,8,15H,2,5,7,9-14H2,1H3,(H,22,27)/t21-/m0/s1. The summed E-state index contributed by atoms with van der Waals surface area (Å²) in [7, 11) is 0. The second-order valence-corrected chi connectivity index (χ2v) is 8.02. The Morgan fingerprint density at radius 3 is 2.81 bits per heavy atom. The van der Waals surface area contributed by atoms with Gasteiger partial charge in [0.2, 0.25) is 5.91 Å². The Kier molecular flexibility index (Phi) is 4.66. The molecular formula is C21H27N3O3. The van der Waals surface area contributed by atoms with E-state index >= 15 is 0 Å². The lowest BCUT2D eigenvalue weighted by molar-refractivity contribution is -0.139. The van der Waals surface area contributed by atoms with E-state index in [4.69, 9.17) is 0 Å². The Morgan fingerprint density at radius 2 is 2.07 bits per heavy atom. The quantitative estimate of drug-likeness (QED) is 0.783. The third-order valence-electron chi connectivity index (χ3n) is 5.97. The van der Waals surface area contributed by atoms with Gasteiger partial charge in [0.1, 0.15) is 12.1 Å². The maximum absolute atomic E-state index is 13.3. The van der Waals surface area contributed by atoms with Gasteiger partial charge in [-0.2, -0.15) is 0 Å². The summed E-state index contributed by atoms with van der Waals surface area (Å²) in [5, 5.41) is 2.92. The molecule has 0 radical (unpaired) electrons. The van der Waals surface area contributed by atoms with E-state index in [1.54, 1.807) is 0 Å². The van der Waals surface area contributed by atoms with Gasteiger partial charge in [0.15, 0.2) is 0 Å². The van der Waals surface area contributed by atoms with Gasteiger partial charge in [-0.25, -0.2) is 4.79 Å². The number of aryl methyl sites for hydroxylation is 1. The Labute approximate surface area is 159 Å². The van der Waals surface area contributed by atoms with Crippen LogP contribution in [0.1, 0.15) is 50.2 Å². The van der Waals surface area contributed by atoms with Crippen molar-refractivity contribution in [2.24, 2.45) is 5.92 Å². The number of nitrogens with zero attached hydrogens (tertiary/aromatic N) is 2. The van der Waals surface area contributed by atoms with Crippen molar-refractivity contribution in [3.05, 3.63) is 35.4 Å². The summed E-state index contributed by atoms with van der Waals surface area (Å²) >= 11 is 0. The molecule has 1 saturated carbocycles. The molecule has 1 spiro atoms. The maximum atomic E-state index is 13.3. The molecule has 2 fully saturated rings.